The summed E-state index contributed by atoms with van der Waals surface area (Å²) in [6.45, 7) is 3.43. The van der Waals surface area contributed by atoms with Gasteiger partial charge in [0.15, 0.2) is 0 Å². The van der Waals surface area contributed by atoms with Crippen LogP contribution in [0.15, 0.2) is 62.9 Å². The van der Waals surface area contributed by atoms with Crippen molar-refractivity contribution >= 4 is 27.3 Å². The number of nitrogens with zero attached hydrogens (tertiary/aromatic N) is 2. The van der Waals surface area contributed by atoms with E-state index in [-0.39, 0.29) is 15.8 Å². The van der Waals surface area contributed by atoms with Crippen molar-refractivity contribution in [2.24, 2.45) is 0 Å². The molecule has 1 aromatic heterocycles. The van der Waals surface area contributed by atoms with E-state index in [0.717, 1.165) is 37.9 Å². The van der Waals surface area contributed by atoms with Crippen LogP contribution in [0.4, 0.5) is 5.88 Å². The number of anilines is 1. The van der Waals surface area contributed by atoms with Crippen molar-refractivity contribution in [1.82, 2.24) is 4.98 Å². The molecule has 0 spiro atoms. The molecule has 1 fully saturated rings. The number of benzene rings is 2. The summed E-state index contributed by atoms with van der Waals surface area (Å²) in [6, 6.07) is 13.8. The summed E-state index contributed by atoms with van der Waals surface area (Å²) in [5, 5.41) is 0.572. The van der Waals surface area contributed by atoms with Crippen LogP contribution in [0.2, 0.25) is 5.02 Å². The third-order valence-corrected chi connectivity index (χ3v) is 6.82. The van der Waals surface area contributed by atoms with Crippen LogP contribution in [0.1, 0.15) is 24.8 Å². The molecular formula is C21H21ClN2O3S. The smallest absolute Gasteiger partial charge is 0.236 e. The molecular weight excluding hydrogens is 396 g/mol. The molecule has 1 aliphatic heterocycles. The van der Waals surface area contributed by atoms with Crippen LogP contribution in [0.25, 0.3) is 11.5 Å². The van der Waals surface area contributed by atoms with Crippen molar-refractivity contribution in [1.29, 1.82) is 0 Å². The second-order valence-electron chi connectivity index (χ2n) is 7.00. The van der Waals surface area contributed by atoms with Crippen molar-refractivity contribution in [2.45, 2.75) is 36.1 Å². The first-order valence-corrected chi connectivity index (χ1v) is 11.1. The summed E-state index contributed by atoms with van der Waals surface area (Å²) < 4.78 is 32.7. The first-order chi connectivity index (χ1) is 13.4. The molecule has 4 rings (SSSR count). The SMILES string of the molecule is Cc1ccc(S(=O)(=O)c2nc(-c3ccc(Cl)cc3)oc2N2CCCCC2)cc1. The van der Waals surface area contributed by atoms with Gasteiger partial charge in [0.1, 0.15) is 0 Å². The predicted octanol–water partition coefficient (Wildman–Crippen LogP) is 5.13. The summed E-state index contributed by atoms with van der Waals surface area (Å²) >= 11 is 5.97. The van der Waals surface area contributed by atoms with Crippen LogP contribution in [-0.2, 0) is 9.84 Å². The molecule has 2 aromatic carbocycles. The van der Waals surface area contributed by atoms with Crippen LogP contribution >= 0.6 is 11.6 Å². The van der Waals surface area contributed by atoms with E-state index in [1.165, 1.54) is 0 Å². The monoisotopic (exact) mass is 416 g/mol. The maximum absolute atomic E-state index is 13.3. The highest BCUT2D eigenvalue weighted by atomic mass is 35.5. The Balaban J connectivity index is 1.84. The fourth-order valence-corrected chi connectivity index (χ4v) is 4.76. The largest absolute Gasteiger partial charge is 0.419 e. The molecule has 1 saturated heterocycles. The Morgan fingerprint density at radius 1 is 0.964 bits per heavy atom. The topological polar surface area (TPSA) is 63.4 Å². The highest BCUT2D eigenvalue weighted by Gasteiger charge is 2.31. The summed E-state index contributed by atoms with van der Waals surface area (Å²) in [7, 11) is -3.80. The van der Waals surface area contributed by atoms with Gasteiger partial charge < -0.3 is 9.32 Å². The third kappa shape index (κ3) is 3.66. The lowest BCUT2D eigenvalue weighted by Gasteiger charge is -2.26. The number of hydrogen-bond acceptors (Lipinski definition) is 5. The summed E-state index contributed by atoms with van der Waals surface area (Å²) in [5.41, 5.74) is 1.69. The number of hydrogen-bond donors (Lipinski definition) is 0. The van der Waals surface area contributed by atoms with Gasteiger partial charge >= 0.3 is 0 Å². The zero-order valence-electron chi connectivity index (χ0n) is 15.6. The van der Waals surface area contributed by atoms with Crippen LogP contribution in [-0.4, -0.2) is 26.5 Å². The first kappa shape index (κ1) is 19.0. The minimum Gasteiger partial charge on any atom is -0.419 e. The minimum atomic E-state index is -3.80. The average Bonchev–Trinajstić information content (AvgIpc) is 3.16. The maximum atomic E-state index is 13.3. The van der Waals surface area contributed by atoms with Crippen molar-refractivity contribution < 1.29 is 12.8 Å². The van der Waals surface area contributed by atoms with Gasteiger partial charge in [-0.2, -0.15) is 4.98 Å². The molecule has 2 heterocycles. The van der Waals surface area contributed by atoms with E-state index in [4.69, 9.17) is 16.0 Å². The molecule has 0 saturated carbocycles. The van der Waals surface area contributed by atoms with Crippen LogP contribution < -0.4 is 4.90 Å². The molecule has 28 heavy (non-hydrogen) atoms. The number of aromatic nitrogens is 1. The fourth-order valence-electron chi connectivity index (χ4n) is 3.31. The zero-order chi connectivity index (χ0) is 19.7. The maximum Gasteiger partial charge on any atom is 0.236 e. The van der Waals surface area contributed by atoms with Gasteiger partial charge in [0.05, 0.1) is 4.90 Å². The summed E-state index contributed by atoms with van der Waals surface area (Å²) in [6.07, 6.45) is 3.14. The summed E-state index contributed by atoms with van der Waals surface area (Å²) in [4.78, 5) is 6.61. The molecule has 0 N–H and O–H groups in total. The molecule has 3 aromatic rings. The Labute approximate surface area is 169 Å². The van der Waals surface area contributed by atoms with Crippen LogP contribution in [0, 0.1) is 6.92 Å². The van der Waals surface area contributed by atoms with E-state index in [9.17, 15) is 8.42 Å². The molecule has 0 amide bonds. The predicted molar refractivity (Wildman–Crippen MR) is 110 cm³/mol. The molecule has 0 radical (unpaired) electrons. The number of piperidine rings is 1. The number of sulfone groups is 1. The van der Waals surface area contributed by atoms with E-state index >= 15 is 0 Å². The first-order valence-electron chi connectivity index (χ1n) is 9.28. The second-order valence-corrected chi connectivity index (χ2v) is 9.30. The van der Waals surface area contributed by atoms with E-state index in [2.05, 4.69) is 4.98 Å². The van der Waals surface area contributed by atoms with Gasteiger partial charge in [0.2, 0.25) is 26.6 Å². The molecule has 5 nitrogen and oxygen atoms in total. The highest BCUT2D eigenvalue weighted by molar-refractivity contribution is 7.91. The molecule has 1 aliphatic rings. The minimum absolute atomic E-state index is 0.0248. The van der Waals surface area contributed by atoms with E-state index in [0.29, 0.717) is 16.5 Å². The van der Waals surface area contributed by atoms with Gasteiger partial charge in [0, 0.05) is 23.7 Å². The van der Waals surface area contributed by atoms with Crippen molar-refractivity contribution in [3.8, 4) is 11.5 Å². The number of aryl methyl sites for hydroxylation is 1. The Hall–Kier alpha value is -2.31. The van der Waals surface area contributed by atoms with Gasteiger partial charge in [-0.15, -0.1) is 0 Å². The molecule has 146 valence electrons. The van der Waals surface area contributed by atoms with Gasteiger partial charge in [0.25, 0.3) is 0 Å². The molecule has 0 unspecified atom stereocenters. The molecule has 7 heteroatoms. The van der Waals surface area contributed by atoms with Gasteiger partial charge in [-0.25, -0.2) is 8.42 Å². The Morgan fingerprint density at radius 2 is 1.61 bits per heavy atom. The fraction of sp³-hybridized carbons (Fsp3) is 0.286. The Morgan fingerprint density at radius 3 is 2.25 bits per heavy atom. The molecule has 0 aliphatic carbocycles. The number of rotatable bonds is 4. The van der Waals surface area contributed by atoms with Crippen molar-refractivity contribution in [3.63, 3.8) is 0 Å². The molecule has 0 atom stereocenters. The lowest BCUT2D eigenvalue weighted by molar-refractivity contribution is 0.499. The quantitative estimate of drug-likeness (QED) is 0.590. The lowest BCUT2D eigenvalue weighted by atomic mass is 10.1. The lowest BCUT2D eigenvalue weighted by Crippen LogP contribution is -2.30. The Bertz CT molecular complexity index is 1070. The zero-order valence-corrected chi connectivity index (χ0v) is 17.1. The summed E-state index contributed by atoms with van der Waals surface area (Å²) in [5.74, 6) is 0.605. The Kier molecular flexibility index (Phi) is 5.17. The van der Waals surface area contributed by atoms with E-state index in [1.807, 2.05) is 11.8 Å². The third-order valence-electron chi connectivity index (χ3n) is 4.90. The van der Waals surface area contributed by atoms with Crippen molar-refractivity contribution in [3.05, 3.63) is 59.1 Å². The molecule has 0 bridgehead atoms. The van der Waals surface area contributed by atoms with Crippen molar-refractivity contribution in [2.75, 3.05) is 18.0 Å². The normalized spacial score (nSPS) is 15.0. The van der Waals surface area contributed by atoms with E-state index < -0.39 is 9.84 Å². The number of oxazole rings is 1. The standard InChI is InChI=1S/C21H21ClN2O3S/c1-15-5-11-18(12-6-15)28(25,26)20-21(24-13-3-2-4-14-24)27-19(23-20)16-7-9-17(22)10-8-16/h5-12H,2-4,13-14H2,1H3. The van der Waals surface area contributed by atoms with Gasteiger partial charge in [-0.3, -0.25) is 0 Å². The average molecular weight is 417 g/mol. The second kappa shape index (κ2) is 7.60. The number of halogens is 1. The van der Waals surface area contributed by atoms with Gasteiger partial charge in [-0.05, 0) is 62.6 Å². The van der Waals surface area contributed by atoms with Crippen LogP contribution in [0.3, 0.4) is 0 Å². The highest BCUT2D eigenvalue weighted by Crippen LogP contribution is 2.36. The van der Waals surface area contributed by atoms with Crippen LogP contribution in [0.5, 0.6) is 0 Å². The van der Waals surface area contributed by atoms with Gasteiger partial charge in [-0.1, -0.05) is 29.3 Å². The van der Waals surface area contributed by atoms with E-state index in [1.54, 1.807) is 48.5 Å².